The number of carbonyl (C=O) groups excluding carboxylic acids is 2. The molecule has 2 aliphatic carbocycles. The topological polar surface area (TPSA) is 125 Å². The van der Waals surface area contributed by atoms with Crippen molar-refractivity contribution >= 4 is 46.2 Å². The van der Waals surface area contributed by atoms with Gasteiger partial charge in [-0.3, -0.25) is 9.59 Å². The van der Waals surface area contributed by atoms with Crippen LogP contribution in [0.5, 0.6) is 23.0 Å². The molecule has 2 saturated carbocycles. The third-order valence-corrected chi connectivity index (χ3v) is 14.1. The molecule has 10 rings (SSSR count). The number of nitrogens with one attached hydrogen (secondary N) is 2. The Hall–Kier alpha value is -5.88. The summed E-state index contributed by atoms with van der Waals surface area (Å²) in [4.78, 5) is 31.2. The van der Waals surface area contributed by atoms with Gasteiger partial charge in [0.15, 0.2) is 23.0 Å². The van der Waals surface area contributed by atoms with Crippen LogP contribution in [0.3, 0.4) is 0 Å². The van der Waals surface area contributed by atoms with Gasteiger partial charge in [-0.15, -0.1) is 29.2 Å². The molecule has 11 nitrogen and oxygen atoms in total. The fourth-order valence-electron chi connectivity index (χ4n) is 10.1. The molecule has 2 fully saturated rings. The first kappa shape index (κ1) is 46.2. The minimum absolute atomic E-state index is 0.0199. The third-order valence-electron chi connectivity index (χ3n) is 13.9. The largest absolute Gasteiger partial charge is 0.586 e. The van der Waals surface area contributed by atoms with Gasteiger partial charge in [-0.25, -0.2) is 0 Å². The van der Waals surface area contributed by atoms with E-state index in [0.29, 0.717) is 67.4 Å². The van der Waals surface area contributed by atoms with Gasteiger partial charge in [-0.1, -0.05) is 53.7 Å². The van der Waals surface area contributed by atoms with Gasteiger partial charge in [0.1, 0.15) is 0 Å². The summed E-state index contributed by atoms with van der Waals surface area (Å²) in [5, 5.41) is 15.2. The number of amides is 2. The number of hydrogen-bond donors (Lipinski definition) is 2. The fraction of sp³-hybridized carbons (Fsp3) is 0.471. The maximum absolute atomic E-state index is 13.4. The second-order valence-electron chi connectivity index (χ2n) is 20.6. The average molecular weight is 944 g/mol. The van der Waals surface area contributed by atoms with Crippen LogP contribution in [-0.4, -0.2) is 55.5 Å². The number of alkyl halides is 5. The molecule has 2 unspecified atom stereocenters. The molecular formula is C51H54ClF4N5O6. The van der Waals surface area contributed by atoms with Crippen LogP contribution in [0.25, 0.3) is 0 Å². The molecule has 0 saturated heterocycles. The van der Waals surface area contributed by atoms with Crippen LogP contribution in [0.2, 0.25) is 0 Å². The Morgan fingerprint density at radius 3 is 1.42 bits per heavy atom. The Labute approximate surface area is 392 Å². The molecule has 0 bridgehead atoms. The predicted octanol–water partition coefficient (Wildman–Crippen LogP) is 11.1. The summed E-state index contributed by atoms with van der Waals surface area (Å²) in [5.74, 6) is 0.104. The van der Waals surface area contributed by atoms with Crippen LogP contribution in [-0.2, 0) is 33.3 Å². The van der Waals surface area contributed by atoms with Crippen LogP contribution < -0.4 is 39.4 Å². The lowest BCUT2D eigenvalue weighted by Gasteiger charge is -2.36. The van der Waals surface area contributed by atoms with Crippen molar-refractivity contribution in [3.05, 3.63) is 95.1 Å². The second kappa shape index (κ2) is 16.4. The van der Waals surface area contributed by atoms with Crippen molar-refractivity contribution < 1.29 is 46.1 Å². The summed E-state index contributed by atoms with van der Waals surface area (Å²) in [5.41, 5.74) is 5.94. The van der Waals surface area contributed by atoms with Crippen LogP contribution in [0.4, 0.5) is 40.3 Å². The third kappa shape index (κ3) is 8.89. The van der Waals surface area contributed by atoms with Crippen LogP contribution >= 0.6 is 11.6 Å². The summed E-state index contributed by atoms with van der Waals surface area (Å²) >= 11 is 6.07. The first-order chi connectivity index (χ1) is 31.5. The van der Waals surface area contributed by atoms with Gasteiger partial charge in [0.2, 0.25) is 11.8 Å². The van der Waals surface area contributed by atoms with E-state index in [1.54, 1.807) is 12.1 Å². The van der Waals surface area contributed by atoms with Crippen LogP contribution in [0.15, 0.2) is 72.8 Å². The van der Waals surface area contributed by atoms with E-state index in [1.165, 1.54) is 29.8 Å². The summed E-state index contributed by atoms with van der Waals surface area (Å²) < 4.78 is 71.6. The number of halogens is 5. The van der Waals surface area contributed by atoms with Crippen molar-refractivity contribution in [2.24, 2.45) is 10.8 Å². The minimum atomic E-state index is -3.68. The van der Waals surface area contributed by atoms with E-state index in [0.717, 1.165) is 42.0 Å². The van der Waals surface area contributed by atoms with E-state index >= 15 is 0 Å². The number of hydrogen-bond acceptors (Lipinski definition) is 9. The molecule has 0 aromatic heterocycles. The van der Waals surface area contributed by atoms with Gasteiger partial charge >= 0.3 is 12.6 Å². The number of nitrogens with zero attached hydrogens (tertiary/aromatic N) is 3. The summed E-state index contributed by atoms with van der Waals surface area (Å²) in [6.07, 6.45) is -2.61. The van der Waals surface area contributed by atoms with Gasteiger partial charge in [-0.05, 0) is 132 Å². The number of rotatable bonds is 10. The smallest absolute Gasteiger partial charge is 0.395 e. The molecule has 6 aliphatic rings. The van der Waals surface area contributed by atoms with Crippen molar-refractivity contribution in [3.63, 3.8) is 0 Å². The van der Waals surface area contributed by atoms with E-state index in [1.807, 2.05) is 36.4 Å². The zero-order valence-corrected chi connectivity index (χ0v) is 39.1. The van der Waals surface area contributed by atoms with Gasteiger partial charge in [0.05, 0.1) is 23.3 Å². The summed E-state index contributed by atoms with van der Waals surface area (Å²) in [6, 6.07) is 23.9. The standard InChI is InChI=1S/C26H27F2N3O3.C25H27ClF2N2O3/c1-24(2,3)22-14-16-13-18(6-7-19(16)31(22)12-4-11-29)30-23(32)25(9-10-25)17-5-8-20-21(15-17)34-26(27,28)33-20;1-23(2,3)21-13-15-12-17(5-6-18(15)30(21)11-10-26)29-22(31)24(8-9-24)16-4-7-19-20(14-16)33-25(27,28)32-19/h5-8,13,15,22H,4,9-10,12,14H2,1-3H3,(H,30,32);4-7,12,14,21H,8-11,13H2,1-3H3,(H,29,31). The molecule has 4 aliphatic heterocycles. The number of fused-ring (bicyclic) bond motifs is 4. The highest BCUT2D eigenvalue weighted by molar-refractivity contribution is 6.18. The van der Waals surface area contributed by atoms with Crippen LogP contribution in [0.1, 0.15) is 95.9 Å². The quantitative estimate of drug-likeness (QED) is 0.118. The normalized spacial score (nSPS) is 21.3. The van der Waals surface area contributed by atoms with E-state index in [4.69, 9.17) is 16.9 Å². The number of benzene rings is 4. The van der Waals surface area contributed by atoms with Crippen LogP contribution in [0, 0.1) is 22.2 Å². The Morgan fingerprint density at radius 1 is 0.642 bits per heavy atom. The predicted molar refractivity (Wildman–Crippen MR) is 247 cm³/mol. The second-order valence-corrected chi connectivity index (χ2v) is 21.0. The molecule has 2 N–H and O–H groups in total. The molecule has 67 heavy (non-hydrogen) atoms. The molecule has 4 aromatic carbocycles. The van der Waals surface area contributed by atoms with E-state index in [9.17, 15) is 27.2 Å². The van der Waals surface area contributed by atoms with Crippen molar-refractivity contribution in [1.82, 2.24) is 0 Å². The Morgan fingerprint density at radius 2 is 1.04 bits per heavy atom. The van der Waals surface area contributed by atoms with E-state index in [2.05, 4.69) is 87.0 Å². The highest BCUT2D eigenvalue weighted by atomic mass is 35.5. The molecule has 0 radical (unpaired) electrons. The number of ether oxygens (including phenoxy) is 4. The zero-order chi connectivity index (χ0) is 47.9. The molecule has 4 heterocycles. The summed E-state index contributed by atoms with van der Waals surface area (Å²) in [7, 11) is 0. The van der Waals surface area contributed by atoms with Gasteiger partial charge in [-0.2, -0.15) is 5.26 Å². The van der Waals surface area contributed by atoms with E-state index in [-0.39, 0.29) is 51.7 Å². The maximum atomic E-state index is 13.4. The Bertz CT molecular complexity index is 2670. The highest BCUT2D eigenvalue weighted by Crippen LogP contribution is 2.54. The first-order valence-corrected chi connectivity index (χ1v) is 23.2. The lowest BCUT2D eigenvalue weighted by molar-refractivity contribution is -0.287. The monoisotopic (exact) mass is 943 g/mol. The molecule has 4 aromatic rings. The molecule has 2 atom stereocenters. The highest BCUT2D eigenvalue weighted by Gasteiger charge is 2.54. The van der Waals surface area contributed by atoms with E-state index < -0.39 is 23.4 Å². The maximum Gasteiger partial charge on any atom is 0.586 e. The first-order valence-electron chi connectivity index (χ1n) is 22.7. The van der Waals surface area contributed by atoms with Crippen molar-refractivity contribution in [1.29, 1.82) is 5.26 Å². The van der Waals surface area contributed by atoms with Crippen molar-refractivity contribution in [2.45, 2.75) is 122 Å². The zero-order valence-electron chi connectivity index (χ0n) is 38.3. The fourth-order valence-corrected chi connectivity index (χ4v) is 10.3. The minimum Gasteiger partial charge on any atom is -0.395 e. The summed E-state index contributed by atoms with van der Waals surface area (Å²) in [6.45, 7) is 14.7. The molecule has 354 valence electrons. The van der Waals surface area contributed by atoms with Gasteiger partial charge in [0, 0.05) is 53.8 Å². The lowest BCUT2D eigenvalue weighted by atomic mass is 9.84. The number of nitriles is 1. The molecular weight excluding hydrogens is 890 g/mol. The molecule has 2 amide bonds. The van der Waals surface area contributed by atoms with Gasteiger partial charge < -0.3 is 39.4 Å². The molecule has 16 heteroatoms. The van der Waals surface area contributed by atoms with Crippen molar-refractivity contribution in [3.8, 4) is 29.1 Å². The lowest BCUT2D eigenvalue weighted by Crippen LogP contribution is -2.42. The average Bonchev–Trinajstić information content (AvgIpc) is 4.10. The Kier molecular flexibility index (Phi) is 11.3. The SMILES string of the molecule is CC(C)(C)C1Cc2cc(NC(=O)C3(c4ccc5c(c4)OC(F)(F)O5)CC3)ccc2N1CCC#N.CC(C)(C)C1Cc2cc(NC(=O)C3(c4ccc5c(c4)OC(F)(F)O5)CC3)ccc2N1CCCl. The Balaban J connectivity index is 0.000000168. The molecule has 0 spiro atoms. The number of anilines is 4. The van der Waals surface area contributed by atoms with Gasteiger partial charge in [0.25, 0.3) is 0 Å². The number of carbonyl (C=O) groups is 2. The van der Waals surface area contributed by atoms with Crippen molar-refractivity contribution in [2.75, 3.05) is 39.4 Å².